The van der Waals surface area contributed by atoms with E-state index in [9.17, 15) is 13.5 Å². The van der Waals surface area contributed by atoms with E-state index in [1.54, 1.807) is 0 Å². The molecule has 0 amide bonds. The number of hydrogen-bond acceptors (Lipinski definition) is 4. The van der Waals surface area contributed by atoms with E-state index < -0.39 is 15.4 Å². The molecule has 1 saturated heterocycles. The van der Waals surface area contributed by atoms with Gasteiger partial charge in [0.25, 0.3) is 0 Å². The third-order valence-corrected chi connectivity index (χ3v) is 6.80. The van der Waals surface area contributed by atoms with E-state index in [-0.39, 0.29) is 17.3 Å². The van der Waals surface area contributed by atoms with Crippen molar-refractivity contribution in [3.8, 4) is 0 Å². The maximum atomic E-state index is 11.8. The molecular weight excluding hydrogens is 276 g/mol. The van der Waals surface area contributed by atoms with Gasteiger partial charge in [0.05, 0.1) is 17.0 Å². The lowest BCUT2D eigenvalue weighted by molar-refractivity contribution is -0.147. The fraction of sp³-hybridized carbons (Fsp3) is 1.00. The first-order valence-electron chi connectivity index (χ1n) is 7.75. The highest BCUT2D eigenvalue weighted by molar-refractivity contribution is 7.91. The van der Waals surface area contributed by atoms with Crippen LogP contribution < -0.4 is 0 Å². The van der Waals surface area contributed by atoms with E-state index in [2.05, 4.69) is 13.8 Å². The van der Waals surface area contributed by atoms with E-state index in [0.29, 0.717) is 31.8 Å². The van der Waals surface area contributed by atoms with Crippen molar-refractivity contribution in [2.45, 2.75) is 69.3 Å². The fourth-order valence-corrected chi connectivity index (χ4v) is 4.89. The summed E-state index contributed by atoms with van der Waals surface area (Å²) in [4.78, 5) is 0. The Hall–Kier alpha value is -0.130. The number of hydrogen-bond donors (Lipinski definition) is 1. The Morgan fingerprint density at radius 1 is 1.30 bits per heavy atom. The molecule has 0 aromatic carbocycles. The molecule has 5 heteroatoms. The zero-order valence-corrected chi connectivity index (χ0v) is 13.7. The smallest absolute Gasteiger partial charge is 0.150 e. The van der Waals surface area contributed by atoms with Gasteiger partial charge in [0.2, 0.25) is 0 Å². The molecule has 0 aromatic rings. The second kappa shape index (κ2) is 5.93. The summed E-state index contributed by atoms with van der Waals surface area (Å²) in [5.74, 6) is 0.484. The Morgan fingerprint density at radius 3 is 2.60 bits per heavy atom. The Balaban J connectivity index is 2.09. The van der Waals surface area contributed by atoms with Crippen LogP contribution in [0.25, 0.3) is 0 Å². The van der Waals surface area contributed by atoms with Crippen molar-refractivity contribution >= 4 is 9.84 Å². The van der Waals surface area contributed by atoms with Crippen molar-refractivity contribution < 1.29 is 18.3 Å². The quantitative estimate of drug-likeness (QED) is 0.868. The van der Waals surface area contributed by atoms with Crippen molar-refractivity contribution in [1.82, 2.24) is 0 Å². The number of ether oxygens (including phenoxy) is 1. The molecular formula is C15H28O4S. The fourth-order valence-electron chi connectivity index (χ4n) is 3.72. The third kappa shape index (κ3) is 3.55. The Kier molecular flexibility index (Phi) is 4.82. The molecule has 2 fully saturated rings. The Morgan fingerprint density at radius 2 is 2.00 bits per heavy atom. The second-order valence-electron chi connectivity index (χ2n) is 7.03. The summed E-state index contributed by atoms with van der Waals surface area (Å²) in [7, 11) is -3.00. The topological polar surface area (TPSA) is 63.6 Å². The maximum Gasteiger partial charge on any atom is 0.150 e. The van der Waals surface area contributed by atoms with Crippen molar-refractivity contribution in [1.29, 1.82) is 0 Å². The molecule has 4 atom stereocenters. The summed E-state index contributed by atoms with van der Waals surface area (Å²) in [6.07, 6.45) is 5.89. The van der Waals surface area contributed by atoms with E-state index in [0.717, 1.165) is 19.3 Å². The molecule has 0 aromatic heterocycles. The molecule has 1 aliphatic heterocycles. The van der Waals surface area contributed by atoms with Gasteiger partial charge in [0, 0.05) is 19.3 Å². The molecule has 2 aliphatic rings. The SMILES string of the molecule is CC(C)C1CC(O)(C2CCCC(S(C)(=O)=O)C2)CCO1. The van der Waals surface area contributed by atoms with Crippen molar-refractivity contribution in [3.63, 3.8) is 0 Å². The molecule has 118 valence electrons. The highest BCUT2D eigenvalue weighted by Gasteiger charge is 2.45. The number of aliphatic hydroxyl groups is 1. The second-order valence-corrected chi connectivity index (χ2v) is 9.35. The van der Waals surface area contributed by atoms with Crippen LogP contribution in [0, 0.1) is 11.8 Å². The van der Waals surface area contributed by atoms with Crippen molar-refractivity contribution in [2.24, 2.45) is 11.8 Å². The van der Waals surface area contributed by atoms with Gasteiger partial charge in [-0.15, -0.1) is 0 Å². The number of sulfone groups is 1. The summed E-state index contributed by atoms with van der Waals surface area (Å²) in [6, 6.07) is 0. The van der Waals surface area contributed by atoms with Crippen LogP contribution in [-0.4, -0.2) is 43.3 Å². The van der Waals surface area contributed by atoms with Gasteiger partial charge in [-0.05, 0) is 37.5 Å². The van der Waals surface area contributed by atoms with E-state index in [4.69, 9.17) is 4.74 Å². The number of rotatable bonds is 3. The van der Waals surface area contributed by atoms with Gasteiger partial charge < -0.3 is 9.84 Å². The molecule has 0 spiro atoms. The molecule has 4 unspecified atom stereocenters. The van der Waals surface area contributed by atoms with Gasteiger partial charge in [-0.3, -0.25) is 0 Å². The van der Waals surface area contributed by atoms with Gasteiger partial charge in [0.15, 0.2) is 0 Å². The van der Waals surface area contributed by atoms with E-state index in [1.165, 1.54) is 6.26 Å². The van der Waals surface area contributed by atoms with Crippen LogP contribution in [0.5, 0.6) is 0 Å². The Bertz CT molecular complexity index is 431. The predicted molar refractivity (Wildman–Crippen MR) is 79.4 cm³/mol. The normalized spacial score (nSPS) is 40.0. The molecule has 2 rings (SSSR count). The summed E-state index contributed by atoms with van der Waals surface area (Å²) in [5, 5.41) is 10.8. The van der Waals surface area contributed by atoms with Crippen LogP contribution in [0.2, 0.25) is 0 Å². The van der Waals surface area contributed by atoms with Crippen LogP contribution in [0.15, 0.2) is 0 Å². The molecule has 0 bridgehead atoms. The summed E-state index contributed by atoms with van der Waals surface area (Å²) < 4.78 is 29.3. The zero-order valence-electron chi connectivity index (χ0n) is 12.8. The average molecular weight is 304 g/mol. The van der Waals surface area contributed by atoms with Crippen LogP contribution in [0.4, 0.5) is 0 Å². The van der Waals surface area contributed by atoms with Crippen LogP contribution in [0.1, 0.15) is 52.4 Å². The van der Waals surface area contributed by atoms with Gasteiger partial charge in [0.1, 0.15) is 9.84 Å². The molecule has 0 radical (unpaired) electrons. The van der Waals surface area contributed by atoms with Gasteiger partial charge in [-0.1, -0.05) is 20.3 Å². The maximum absolute atomic E-state index is 11.8. The van der Waals surface area contributed by atoms with Crippen molar-refractivity contribution in [2.75, 3.05) is 12.9 Å². The summed E-state index contributed by atoms with van der Waals surface area (Å²) in [5.41, 5.74) is -0.740. The van der Waals surface area contributed by atoms with Crippen LogP contribution in [0.3, 0.4) is 0 Å². The first kappa shape index (κ1) is 16.2. The summed E-state index contributed by atoms with van der Waals surface area (Å²) in [6.45, 7) is 4.80. The van der Waals surface area contributed by atoms with Crippen molar-refractivity contribution in [3.05, 3.63) is 0 Å². The molecule has 1 saturated carbocycles. The first-order valence-corrected chi connectivity index (χ1v) is 9.70. The lowest BCUT2D eigenvalue weighted by Gasteiger charge is -2.45. The molecule has 1 aliphatic carbocycles. The third-order valence-electron chi connectivity index (χ3n) is 5.16. The molecule has 20 heavy (non-hydrogen) atoms. The largest absolute Gasteiger partial charge is 0.389 e. The van der Waals surface area contributed by atoms with Crippen LogP contribution >= 0.6 is 0 Å². The van der Waals surface area contributed by atoms with Gasteiger partial charge >= 0.3 is 0 Å². The monoisotopic (exact) mass is 304 g/mol. The zero-order chi connectivity index (χ0) is 15.0. The Labute approximate surface area is 122 Å². The average Bonchev–Trinajstić information content (AvgIpc) is 2.38. The molecule has 1 N–H and O–H groups in total. The van der Waals surface area contributed by atoms with Gasteiger partial charge in [-0.2, -0.15) is 0 Å². The lowest BCUT2D eigenvalue weighted by Crippen LogP contribution is -2.50. The molecule has 4 nitrogen and oxygen atoms in total. The van der Waals surface area contributed by atoms with E-state index in [1.807, 2.05) is 0 Å². The highest BCUT2D eigenvalue weighted by atomic mass is 32.2. The molecule has 1 heterocycles. The van der Waals surface area contributed by atoms with E-state index >= 15 is 0 Å². The van der Waals surface area contributed by atoms with Gasteiger partial charge in [-0.25, -0.2) is 8.42 Å². The standard InChI is InChI=1S/C15H28O4S/c1-11(2)14-10-15(16,7-8-19-14)12-5-4-6-13(9-12)20(3,17)18/h11-14,16H,4-10H2,1-3H3. The van der Waals surface area contributed by atoms with Crippen LogP contribution in [-0.2, 0) is 14.6 Å². The minimum absolute atomic E-state index is 0.0901. The minimum Gasteiger partial charge on any atom is -0.389 e. The highest BCUT2D eigenvalue weighted by Crippen LogP contribution is 2.42. The lowest BCUT2D eigenvalue weighted by atomic mass is 9.71. The first-order chi connectivity index (χ1) is 9.22. The predicted octanol–water partition coefficient (Wildman–Crippen LogP) is 2.16. The summed E-state index contributed by atoms with van der Waals surface area (Å²) >= 11 is 0. The minimum atomic E-state index is -3.00.